The van der Waals surface area contributed by atoms with Crippen molar-refractivity contribution in [1.82, 2.24) is 4.98 Å². The van der Waals surface area contributed by atoms with Gasteiger partial charge in [0, 0.05) is 21.8 Å². The SMILES string of the molecule is Cc1ccc2c(oc3cc4ccccc4cc32)c1-c1nc2c(c[n+]1C)C(C)(C)CCC2(C)C. The van der Waals surface area contributed by atoms with Crippen LogP contribution in [0.3, 0.4) is 0 Å². The van der Waals surface area contributed by atoms with Crippen molar-refractivity contribution in [1.29, 1.82) is 0 Å². The Balaban J connectivity index is 1.68. The van der Waals surface area contributed by atoms with E-state index in [4.69, 9.17) is 9.40 Å². The molecule has 0 atom stereocenters. The highest BCUT2D eigenvalue weighted by Gasteiger charge is 2.43. The summed E-state index contributed by atoms with van der Waals surface area (Å²) in [5.41, 5.74) is 6.92. The quantitative estimate of drug-likeness (QED) is 0.259. The summed E-state index contributed by atoms with van der Waals surface area (Å²) in [7, 11) is 2.12. The van der Waals surface area contributed by atoms with Crippen LogP contribution in [0.15, 0.2) is 59.1 Å². The third-order valence-corrected chi connectivity index (χ3v) is 7.81. The fourth-order valence-electron chi connectivity index (χ4n) is 5.58. The first kappa shape index (κ1) is 20.4. The van der Waals surface area contributed by atoms with Gasteiger partial charge in [-0.2, -0.15) is 0 Å². The van der Waals surface area contributed by atoms with E-state index in [1.807, 2.05) is 0 Å². The molecule has 2 aromatic heterocycles. The summed E-state index contributed by atoms with van der Waals surface area (Å²) in [5, 5.41) is 4.74. The molecule has 6 rings (SSSR count). The maximum Gasteiger partial charge on any atom is 0.334 e. The molecule has 0 saturated carbocycles. The largest absolute Gasteiger partial charge is 0.455 e. The fraction of sp³-hybridized carbons (Fsp3) is 0.333. The minimum absolute atomic E-state index is 0.0568. The minimum atomic E-state index is 0.0568. The number of fused-ring (bicyclic) bond motifs is 5. The van der Waals surface area contributed by atoms with E-state index in [1.165, 1.54) is 34.0 Å². The van der Waals surface area contributed by atoms with Gasteiger partial charge >= 0.3 is 5.82 Å². The van der Waals surface area contributed by atoms with E-state index in [2.05, 4.69) is 101 Å². The van der Waals surface area contributed by atoms with Gasteiger partial charge in [0.25, 0.3) is 0 Å². The molecule has 1 aliphatic carbocycles. The average Bonchev–Trinajstić information content (AvgIpc) is 3.13. The second-order valence-electron chi connectivity index (χ2n) is 11.1. The predicted molar refractivity (Wildman–Crippen MR) is 136 cm³/mol. The number of benzene rings is 3. The van der Waals surface area contributed by atoms with Crippen molar-refractivity contribution in [2.45, 2.75) is 58.3 Å². The predicted octanol–water partition coefficient (Wildman–Crippen LogP) is 7.28. The van der Waals surface area contributed by atoms with Gasteiger partial charge in [0.15, 0.2) is 11.3 Å². The van der Waals surface area contributed by atoms with Crippen molar-refractivity contribution in [2.75, 3.05) is 0 Å². The van der Waals surface area contributed by atoms with Crippen LogP contribution in [0.1, 0.15) is 57.4 Å². The van der Waals surface area contributed by atoms with Gasteiger partial charge in [0.05, 0.1) is 13.2 Å². The Labute approximate surface area is 195 Å². The third kappa shape index (κ3) is 2.95. The highest BCUT2D eigenvalue weighted by molar-refractivity contribution is 6.13. The monoisotopic (exact) mass is 435 g/mol. The van der Waals surface area contributed by atoms with Crippen LogP contribution in [-0.4, -0.2) is 4.98 Å². The molecular formula is C30H31N2O+. The van der Waals surface area contributed by atoms with Crippen LogP contribution >= 0.6 is 0 Å². The Hall–Kier alpha value is -3.20. The molecule has 2 heterocycles. The molecule has 0 radical (unpaired) electrons. The zero-order chi connectivity index (χ0) is 23.1. The molecule has 1 aliphatic rings. The third-order valence-electron chi connectivity index (χ3n) is 7.81. The van der Waals surface area contributed by atoms with E-state index < -0.39 is 0 Å². The van der Waals surface area contributed by atoms with Gasteiger partial charge in [0.2, 0.25) is 0 Å². The smallest absolute Gasteiger partial charge is 0.334 e. The molecule has 33 heavy (non-hydrogen) atoms. The van der Waals surface area contributed by atoms with E-state index in [-0.39, 0.29) is 10.8 Å². The summed E-state index contributed by atoms with van der Waals surface area (Å²) in [5.74, 6) is 0.978. The van der Waals surface area contributed by atoms with Crippen LogP contribution in [0.2, 0.25) is 0 Å². The van der Waals surface area contributed by atoms with Gasteiger partial charge in [-0.3, -0.25) is 0 Å². The Kier molecular flexibility index (Phi) is 4.12. The molecule has 0 spiro atoms. The number of hydrogen-bond donors (Lipinski definition) is 0. The molecule has 0 saturated heterocycles. The van der Waals surface area contributed by atoms with Crippen molar-refractivity contribution in [2.24, 2.45) is 7.05 Å². The molecule has 0 unspecified atom stereocenters. The lowest BCUT2D eigenvalue weighted by Gasteiger charge is -2.37. The van der Waals surface area contributed by atoms with E-state index in [0.29, 0.717) is 0 Å². The van der Waals surface area contributed by atoms with Crippen LogP contribution in [0.25, 0.3) is 44.1 Å². The Morgan fingerprint density at radius 1 is 0.879 bits per heavy atom. The summed E-state index contributed by atoms with van der Waals surface area (Å²) >= 11 is 0. The first-order valence-electron chi connectivity index (χ1n) is 11.9. The molecule has 166 valence electrons. The standard InChI is InChI=1S/C30H31N2O/c1-18-11-12-21-22-15-19-9-7-8-10-20(19)16-24(22)33-26(21)25(18)28-31-27-23(17-32(28)6)29(2,3)13-14-30(27,4)5/h7-12,15-17H,13-14H2,1-6H3/q+1. The van der Waals surface area contributed by atoms with Gasteiger partial charge in [-0.1, -0.05) is 64.1 Å². The number of rotatable bonds is 1. The summed E-state index contributed by atoms with van der Waals surface area (Å²) in [6.45, 7) is 11.5. The molecule has 3 aromatic carbocycles. The van der Waals surface area contributed by atoms with Crippen LogP contribution < -0.4 is 4.57 Å². The first-order valence-corrected chi connectivity index (χ1v) is 11.9. The molecule has 3 nitrogen and oxygen atoms in total. The Bertz CT molecular complexity index is 1590. The molecule has 5 aromatic rings. The molecule has 0 N–H and O–H groups in total. The van der Waals surface area contributed by atoms with Gasteiger partial charge in [-0.25, -0.2) is 4.57 Å². The first-order chi connectivity index (χ1) is 15.7. The highest BCUT2D eigenvalue weighted by atomic mass is 16.3. The van der Waals surface area contributed by atoms with Crippen molar-refractivity contribution < 1.29 is 8.98 Å². The Morgan fingerprint density at radius 3 is 2.33 bits per heavy atom. The van der Waals surface area contributed by atoms with Crippen LogP contribution in [0, 0.1) is 6.92 Å². The molecule has 3 heteroatoms. The maximum absolute atomic E-state index is 6.57. The normalized spacial score (nSPS) is 17.0. The van der Waals surface area contributed by atoms with Gasteiger partial charge in [-0.05, 0) is 58.6 Å². The number of aryl methyl sites for hydroxylation is 2. The number of aromatic nitrogens is 2. The molecular weight excluding hydrogens is 404 g/mol. The summed E-state index contributed by atoms with van der Waals surface area (Å²) < 4.78 is 8.77. The lowest BCUT2D eigenvalue weighted by atomic mass is 9.65. The highest BCUT2D eigenvalue weighted by Crippen LogP contribution is 2.45. The lowest BCUT2D eigenvalue weighted by molar-refractivity contribution is -0.663. The molecule has 0 bridgehead atoms. The van der Waals surface area contributed by atoms with E-state index in [9.17, 15) is 0 Å². The molecule has 0 aliphatic heterocycles. The maximum atomic E-state index is 6.57. The summed E-state index contributed by atoms with van der Waals surface area (Å²) in [6, 6.07) is 17.3. The number of nitrogens with zero attached hydrogens (tertiary/aromatic N) is 2. The number of furan rings is 1. The number of hydrogen-bond acceptors (Lipinski definition) is 2. The second kappa shape index (κ2) is 6.66. The minimum Gasteiger partial charge on any atom is -0.455 e. The second-order valence-corrected chi connectivity index (χ2v) is 11.1. The summed E-state index contributed by atoms with van der Waals surface area (Å²) in [6.07, 6.45) is 4.64. The summed E-state index contributed by atoms with van der Waals surface area (Å²) in [4.78, 5) is 5.37. The average molecular weight is 436 g/mol. The van der Waals surface area contributed by atoms with Crippen molar-refractivity contribution in [3.05, 3.63) is 71.5 Å². The van der Waals surface area contributed by atoms with E-state index in [0.717, 1.165) is 39.7 Å². The van der Waals surface area contributed by atoms with Crippen LogP contribution in [0.4, 0.5) is 0 Å². The van der Waals surface area contributed by atoms with Gasteiger partial charge < -0.3 is 4.42 Å². The van der Waals surface area contributed by atoms with Crippen molar-refractivity contribution in [3.63, 3.8) is 0 Å². The zero-order valence-electron chi connectivity index (χ0n) is 20.4. The molecule has 0 amide bonds. The lowest BCUT2D eigenvalue weighted by Crippen LogP contribution is -2.42. The fourth-order valence-corrected chi connectivity index (χ4v) is 5.58. The van der Waals surface area contributed by atoms with Crippen LogP contribution in [-0.2, 0) is 17.9 Å². The van der Waals surface area contributed by atoms with Gasteiger partial charge in [0.1, 0.15) is 11.1 Å². The molecule has 0 fully saturated rings. The van der Waals surface area contributed by atoms with Crippen molar-refractivity contribution >= 4 is 32.7 Å². The van der Waals surface area contributed by atoms with Crippen molar-refractivity contribution in [3.8, 4) is 11.4 Å². The van der Waals surface area contributed by atoms with E-state index >= 15 is 0 Å². The Morgan fingerprint density at radius 2 is 1.58 bits per heavy atom. The van der Waals surface area contributed by atoms with Crippen LogP contribution in [0.5, 0.6) is 0 Å². The zero-order valence-corrected chi connectivity index (χ0v) is 20.4. The van der Waals surface area contributed by atoms with E-state index in [1.54, 1.807) is 0 Å². The topological polar surface area (TPSA) is 29.9 Å². The van der Waals surface area contributed by atoms with Gasteiger partial charge in [-0.15, -0.1) is 0 Å².